The van der Waals surface area contributed by atoms with Crippen molar-refractivity contribution in [2.24, 2.45) is 14.1 Å². The number of anilines is 2. The van der Waals surface area contributed by atoms with Crippen LogP contribution in [0.5, 0.6) is 0 Å². The van der Waals surface area contributed by atoms with E-state index >= 15 is 0 Å². The van der Waals surface area contributed by atoms with Gasteiger partial charge in [0.1, 0.15) is 5.69 Å². The number of amides is 2. The summed E-state index contributed by atoms with van der Waals surface area (Å²) in [5.74, 6) is -0.468. The smallest absolute Gasteiger partial charge is 0.277 e. The molecule has 30 heavy (non-hydrogen) atoms. The number of nitrogens with one attached hydrogen (secondary N) is 2. The third kappa shape index (κ3) is 3.58. The third-order valence-electron chi connectivity index (χ3n) is 4.69. The molecule has 0 saturated heterocycles. The number of nitrogens with zero attached hydrogens (tertiary/aromatic N) is 5. The van der Waals surface area contributed by atoms with Gasteiger partial charge in [-0.3, -0.25) is 19.0 Å². The Balaban J connectivity index is 1.53. The normalized spacial score (nSPS) is 10.8. The van der Waals surface area contributed by atoms with Crippen molar-refractivity contribution in [1.82, 2.24) is 24.7 Å². The number of aromatic nitrogens is 5. The highest BCUT2D eigenvalue weighted by molar-refractivity contribution is 6.11. The van der Waals surface area contributed by atoms with Crippen LogP contribution < -0.4 is 10.6 Å². The maximum Gasteiger partial charge on any atom is 0.277 e. The molecule has 0 radical (unpaired) electrons. The molecule has 0 aliphatic rings. The van der Waals surface area contributed by atoms with Gasteiger partial charge < -0.3 is 15.2 Å². The van der Waals surface area contributed by atoms with E-state index < -0.39 is 11.8 Å². The number of benzene rings is 1. The van der Waals surface area contributed by atoms with Crippen molar-refractivity contribution in [2.45, 2.75) is 6.92 Å². The number of carbonyl (C=O) groups is 2. The zero-order valence-electron chi connectivity index (χ0n) is 16.6. The SMILES string of the molecule is Cc1c(NC(=O)c2c(NC(=O)c3cc(-c4ccccc4)on3)cnn2C)cnn1C. The predicted molar refractivity (Wildman–Crippen MR) is 109 cm³/mol. The predicted octanol–water partition coefficient (Wildman–Crippen LogP) is 2.62. The standard InChI is InChI=1S/C20H19N7O3/c1-12-15(10-21-26(12)2)23-20(29)18-16(11-22-27(18)3)24-19(28)14-9-17(30-25-14)13-7-5-4-6-8-13/h4-11H,1-3H3,(H,23,29)(H,24,28). The summed E-state index contributed by atoms with van der Waals surface area (Å²) in [6.45, 7) is 1.84. The molecule has 2 N–H and O–H groups in total. The Kier molecular flexibility index (Phi) is 4.88. The molecule has 0 aliphatic heterocycles. The van der Waals surface area contributed by atoms with Crippen LogP contribution >= 0.6 is 0 Å². The lowest BCUT2D eigenvalue weighted by atomic mass is 10.1. The summed E-state index contributed by atoms with van der Waals surface area (Å²) < 4.78 is 8.30. The minimum Gasteiger partial charge on any atom is -0.355 e. The lowest BCUT2D eigenvalue weighted by Crippen LogP contribution is -2.20. The summed E-state index contributed by atoms with van der Waals surface area (Å²) in [7, 11) is 3.40. The van der Waals surface area contributed by atoms with Gasteiger partial charge in [-0.25, -0.2) is 0 Å². The van der Waals surface area contributed by atoms with E-state index in [1.807, 2.05) is 37.3 Å². The molecular formula is C20H19N7O3. The summed E-state index contributed by atoms with van der Waals surface area (Å²) in [5, 5.41) is 17.5. The first-order chi connectivity index (χ1) is 14.4. The lowest BCUT2D eigenvalue weighted by Gasteiger charge is -2.08. The molecule has 0 bridgehead atoms. The maximum atomic E-state index is 12.8. The van der Waals surface area contributed by atoms with Gasteiger partial charge in [0.25, 0.3) is 11.8 Å². The van der Waals surface area contributed by atoms with E-state index in [4.69, 9.17) is 4.52 Å². The van der Waals surface area contributed by atoms with Crippen LogP contribution in [0, 0.1) is 6.92 Å². The lowest BCUT2D eigenvalue weighted by molar-refractivity contribution is 0.101. The van der Waals surface area contributed by atoms with Crippen LogP contribution in [0.4, 0.5) is 11.4 Å². The molecule has 4 aromatic rings. The Morgan fingerprint density at radius 2 is 1.60 bits per heavy atom. The molecule has 0 unspecified atom stereocenters. The number of hydrogen-bond acceptors (Lipinski definition) is 6. The van der Waals surface area contributed by atoms with E-state index in [2.05, 4.69) is 26.0 Å². The van der Waals surface area contributed by atoms with E-state index in [0.717, 1.165) is 11.3 Å². The summed E-state index contributed by atoms with van der Waals surface area (Å²) in [6.07, 6.45) is 2.96. The minimum atomic E-state index is -0.513. The van der Waals surface area contributed by atoms with Crippen molar-refractivity contribution in [3.63, 3.8) is 0 Å². The van der Waals surface area contributed by atoms with Gasteiger partial charge in [-0.2, -0.15) is 10.2 Å². The Labute approximate surface area is 171 Å². The van der Waals surface area contributed by atoms with Crippen molar-refractivity contribution in [1.29, 1.82) is 0 Å². The van der Waals surface area contributed by atoms with Crippen LogP contribution in [0.25, 0.3) is 11.3 Å². The largest absolute Gasteiger partial charge is 0.355 e. The fourth-order valence-electron chi connectivity index (χ4n) is 2.91. The monoisotopic (exact) mass is 405 g/mol. The van der Waals surface area contributed by atoms with Gasteiger partial charge in [0.2, 0.25) is 0 Å². The Morgan fingerprint density at radius 3 is 2.30 bits per heavy atom. The molecule has 152 valence electrons. The first-order valence-corrected chi connectivity index (χ1v) is 9.09. The highest BCUT2D eigenvalue weighted by atomic mass is 16.5. The van der Waals surface area contributed by atoms with Crippen molar-refractivity contribution in [3.8, 4) is 11.3 Å². The highest BCUT2D eigenvalue weighted by Gasteiger charge is 2.22. The van der Waals surface area contributed by atoms with E-state index in [0.29, 0.717) is 11.4 Å². The van der Waals surface area contributed by atoms with Crippen LogP contribution in [0.15, 0.2) is 53.3 Å². The van der Waals surface area contributed by atoms with E-state index in [9.17, 15) is 9.59 Å². The van der Waals surface area contributed by atoms with Gasteiger partial charge in [-0.05, 0) is 6.92 Å². The molecule has 0 fully saturated rings. The summed E-state index contributed by atoms with van der Waals surface area (Å²) in [5.41, 5.74) is 2.71. The van der Waals surface area contributed by atoms with Crippen molar-refractivity contribution in [3.05, 3.63) is 65.9 Å². The fourth-order valence-corrected chi connectivity index (χ4v) is 2.91. The molecule has 10 nitrogen and oxygen atoms in total. The minimum absolute atomic E-state index is 0.0900. The Bertz CT molecular complexity index is 1220. The molecule has 0 atom stereocenters. The zero-order valence-corrected chi connectivity index (χ0v) is 16.6. The van der Waals surface area contributed by atoms with Gasteiger partial charge in [0.15, 0.2) is 11.5 Å². The molecule has 3 heterocycles. The van der Waals surface area contributed by atoms with E-state index in [1.165, 1.54) is 10.9 Å². The maximum absolute atomic E-state index is 12.8. The zero-order chi connectivity index (χ0) is 21.3. The number of rotatable bonds is 5. The molecule has 3 aromatic heterocycles. The molecular weight excluding hydrogens is 386 g/mol. The van der Waals surface area contributed by atoms with Gasteiger partial charge in [-0.15, -0.1) is 0 Å². The summed E-state index contributed by atoms with van der Waals surface area (Å²) in [6, 6.07) is 10.9. The van der Waals surface area contributed by atoms with Gasteiger partial charge in [0, 0.05) is 25.7 Å². The molecule has 1 aromatic carbocycles. The van der Waals surface area contributed by atoms with E-state index in [1.54, 1.807) is 31.0 Å². The molecule has 2 amide bonds. The van der Waals surface area contributed by atoms with E-state index in [-0.39, 0.29) is 17.1 Å². The van der Waals surface area contributed by atoms with Crippen LogP contribution in [0.3, 0.4) is 0 Å². The second kappa shape index (κ2) is 7.66. The number of aryl methyl sites for hydroxylation is 2. The molecule has 0 aliphatic carbocycles. The molecule has 10 heteroatoms. The van der Waals surface area contributed by atoms with Crippen LogP contribution in [-0.4, -0.2) is 36.5 Å². The first-order valence-electron chi connectivity index (χ1n) is 9.09. The first kappa shape index (κ1) is 19.1. The number of carbonyl (C=O) groups excluding carboxylic acids is 2. The average molecular weight is 405 g/mol. The second-order valence-corrected chi connectivity index (χ2v) is 6.65. The topological polar surface area (TPSA) is 120 Å². The molecule has 0 saturated carbocycles. The third-order valence-corrected chi connectivity index (χ3v) is 4.69. The van der Waals surface area contributed by atoms with Crippen LogP contribution in [-0.2, 0) is 14.1 Å². The van der Waals surface area contributed by atoms with Crippen LogP contribution in [0.1, 0.15) is 26.7 Å². The van der Waals surface area contributed by atoms with Crippen molar-refractivity contribution >= 4 is 23.2 Å². The fraction of sp³-hybridized carbons (Fsp3) is 0.150. The Hall–Kier alpha value is -4.21. The number of hydrogen-bond donors (Lipinski definition) is 2. The second-order valence-electron chi connectivity index (χ2n) is 6.65. The van der Waals surface area contributed by atoms with Gasteiger partial charge in [-0.1, -0.05) is 35.5 Å². The van der Waals surface area contributed by atoms with Crippen molar-refractivity contribution in [2.75, 3.05) is 10.6 Å². The Morgan fingerprint density at radius 1 is 0.933 bits per heavy atom. The summed E-state index contributed by atoms with van der Waals surface area (Å²) in [4.78, 5) is 25.4. The van der Waals surface area contributed by atoms with Crippen molar-refractivity contribution < 1.29 is 14.1 Å². The quantitative estimate of drug-likeness (QED) is 0.527. The van der Waals surface area contributed by atoms with Crippen LogP contribution in [0.2, 0.25) is 0 Å². The van der Waals surface area contributed by atoms with Gasteiger partial charge >= 0.3 is 0 Å². The molecule has 0 spiro atoms. The average Bonchev–Trinajstić information content (AvgIpc) is 3.45. The molecule has 4 rings (SSSR count). The van der Waals surface area contributed by atoms with Gasteiger partial charge in [0.05, 0.1) is 29.5 Å². The highest BCUT2D eigenvalue weighted by Crippen LogP contribution is 2.22. The summed E-state index contributed by atoms with van der Waals surface area (Å²) >= 11 is 0.